The number of anilines is 3. The average Bonchev–Trinajstić information content (AvgIpc) is 3.43. The van der Waals surface area contributed by atoms with Crippen LogP contribution in [0.5, 0.6) is 0 Å². The van der Waals surface area contributed by atoms with Gasteiger partial charge in [0.15, 0.2) is 0 Å². The highest BCUT2D eigenvalue weighted by Crippen LogP contribution is 2.49. The number of hydrogen-bond acceptors (Lipinski definition) is 2. The molecule has 0 saturated carbocycles. The number of hydrogen-bond donors (Lipinski definition) is 1. The third-order valence-corrected chi connectivity index (χ3v) is 10.7. The van der Waals surface area contributed by atoms with Gasteiger partial charge in [-0.05, 0) is 118 Å². The molecule has 0 fully saturated rings. The molecule has 2 nitrogen and oxygen atoms in total. The Balaban J connectivity index is 1.20. The van der Waals surface area contributed by atoms with Crippen LogP contribution in [0.4, 0.5) is 17.1 Å². The zero-order chi connectivity index (χ0) is 30.7. The lowest BCUT2D eigenvalue weighted by Gasteiger charge is -2.40. The van der Waals surface area contributed by atoms with Crippen molar-refractivity contribution in [2.75, 3.05) is 10.2 Å². The van der Waals surface area contributed by atoms with Crippen LogP contribution in [0.2, 0.25) is 0 Å². The fraction of sp³-hybridized carbons (Fsp3) is 0.182. The molecular weight excluding hydrogens is 556 g/mol. The van der Waals surface area contributed by atoms with Gasteiger partial charge in [-0.2, -0.15) is 0 Å². The first-order chi connectivity index (χ1) is 22.7. The number of allylic oxidation sites excluding steroid dienone is 8. The molecule has 1 aliphatic heterocycles. The Bertz CT molecular complexity index is 2170. The predicted molar refractivity (Wildman–Crippen MR) is 193 cm³/mol. The van der Waals surface area contributed by atoms with Crippen LogP contribution >= 0.6 is 0 Å². The summed E-state index contributed by atoms with van der Waals surface area (Å²) in [5.74, 6) is 0.357. The third kappa shape index (κ3) is 4.24. The summed E-state index contributed by atoms with van der Waals surface area (Å²) in [6.45, 7) is 2.33. The molecule has 46 heavy (non-hydrogen) atoms. The fourth-order valence-corrected chi connectivity index (χ4v) is 8.54. The van der Waals surface area contributed by atoms with E-state index in [2.05, 4.69) is 157 Å². The van der Waals surface area contributed by atoms with Crippen LogP contribution in [-0.2, 0) is 6.42 Å². The molecule has 4 aromatic rings. The van der Waals surface area contributed by atoms with Crippen LogP contribution in [0.25, 0.3) is 17.2 Å². The van der Waals surface area contributed by atoms with Gasteiger partial charge in [-0.1, -0.05) is 115 Å². The quantitative estimate of drug-likeness (QED) is 0.254. The molecule has 4 aliphatic carbocycles. The van der Waals surface area contributed by atoms with E-state index in [0.717, 1.165) is 32.1 Å². The molecule has 224 valence electrons. The molecule has 0 saturated heterocycles. The SMILES string of the molecule is CC1(C2=CC=CCC2)Nc2ccccc2N1c1ccc(C2=c3ccccc3=C(C3=Cc4ccccc4CC3)C3CC=CC=C23)cc1. The van der Waals surface area contributed by atoms with Crippen molar-refractivity contribution in [3.63, 3.8) is 0 Å². The van der Waals surface area contributed by atoms with E-state index in [1.807, 2.05) is 0 Å². The van der Waals surface area contributed by atoms with Crippen LogP contribution in [0.15, 0.2) is 150 Å². The van der Waals surface area contributed by atoms with Gasteiger partial charge in [-0.15, -0.1) is 0 Å². The first-order valence-corrected chi connectivity index (χ1v) is 16.8. The fourth-order valence-electron chi connectivity index (χ4n) is 8.54. The van der Waals surface area contributed by atoms with Gasteiger partial charge >= 0.3 is 0 Å². The first kappa shape index (κ1) is 27.2. The van der Waals surface area contributed by atoms with Crippen LogP contribution in [0.1, 0.15) is 49.3 Å². The maximum atomic E-state index is 3.89. The van der Waals surface area contributed by atoms with Gasteiger partial charge in [0, 0.05) is 11.6 Å². The first-order valence-electron chi connectivity index (χ1n) is 16.8. The van der Waals surface area contributed by atoms with Crippen LogP contribution in [-0.4, -0.2) is 5.66 Å². The zero-order valence-corrected chi connectivity index (χ0v) is 26.3. The second-order valence-electron chi connectivity index (χ2n) is 13.3. The maximum absolute atomic E-state index is 3.89. The molecule has 2 atom stereocenters. The molecule has 1 heterocycles. The van der Waals surface area contributed by atoms with Gasteiger partial charge in [-0.3, -0.25) is 0 Å². The van der Waals surface area contributed by atoms with Gasteiger partial charge < -0.3 is 10.2 Å². The Kier molecular flexibility index (Phi) is 6.38. The molecule has 0 spiro atoms. The summed E-state index contributed by atoms with van der Waals surface area (Å²) >= 11 is 0. The second-order valence-corrected chi connectivity index (χ2v) is 13.3. The van der Waals surface area contributed by atoms with Crippen LogP contribution < -0.4 is 20.7 Å². The Morgan fingerprint density at radius 1 is 0.739 bits per heavy atom. The molecule has 2 unspecified atom stereocenters. The van der Waals surface area contributed by atoms with E-state index in [1.54, 1.807) is 0 Å². The lowest BCUT2D eigenvalue weighted by molar-refractivity contribution is 0.600. The van der Waals surface area contributed by atoms with E-state index in [-0.39, 0.29) is 5.66 Å². The Morgan fingerprint density at radius 2 is 1.52 bits per heavy atom. The van der Waals surface area contributed by atoms with Crippen molar-refractivity contribution < 1.29 is 0 Å². The summed E-state index contributed by atoms with van der Waals surface area (Å²) in [5, 5.41) is 6.64. The summed E-state index contributed by atoms with van der Waals surface area (Å²) in [7, 11) is 0. The van der Waals surface area contributed by atoms with Gasteiger partial charge in [0.05, 0.1) is 11.4 Å². The second kappa shape index (κ2) is 10.8. The zero-order valence-electron chi connectivity index (χ0n) is 26.3. The van der Waals surface area contributed by atoms with Gasteiger partial charge in [-0.25, -0.2) is 0 Å². The number of aryl methyl sites for hydroxylation is 1. The predicted octanol–water partition coefficient (Wildman–Crippen LogP) is 9.14. The van der Waals surface area contributed by atoms with E-state index < -0.39 is 0 Å². The number of nitrogens with zero attached hydrogens (tertiary/aromatic N) is 1. The molecule has 0 bridgehead atoms. The summed E-state index contributed by atoms with van der Waals surface area (Å²) in [5.41, 5.74) is 14.7. The average molecular weight is 595 g/mol. The van der Waals surface area contributed by atoms with Crippen molar-refractivity contribution in [1.29, 1.82) is 0 Å². The maximum Gasteiger partial charge on any atom is 0.135 e. The molecule has 0 amide bonds. The van der Waals surface area contributed by atoms with Gasteiger partial charge in [0.25, 0.3) is 0 Å². The Labute approximate surface area is 271 Å². The number of benzene rings is 4. The number of para-hydroxylation sites is 2. The summed E-state index contributed by atoms with van der Waals surface area (Å²) < 4.78 is 0. The van der Waals surface area contributed by atoms with Crippen molar-refractivity contribution >= 4 is 34.3 Å². The smallest absolute Gasteiger partial charge is 0.135 e. The van der Waals surface area contributed by atoms with Crippen molar-refractivity contribution in [3.8, 4) is 0 Å². The molecule has 1 N–H and O–H groups in total. The molecule has 9 rings (SSSR count). The minimum absolute atomic E-state index is 0.321. The highest BCUT2D eigenvalue weighted by molar-refractivity contribution is 5.92. The Morgan fingerprint density at radius 3 is 2.39 bits per heavy atom. The molecule has 4 aromatic carbocycles. The minimum atomic E-state index is -0.321. The topological polar surface area (TPSA) is 15.3 Å². The molecule has 5 aliphatic rings. The monoisotopic (exact) mass is 594 g/mol. The van der Waals surface area contributed by atoms with E-state index in [4.69, 9.17) is 0 Å². The van der Waals surface area contributed by atoms with Crippen molar-refractivity contribution in [2.24, 2.45) is 5.92 Å². The van der Waals surface area contributed by atoms with Crippen LogP contribution in [0.3, 0.4) is 0 Å². The van der Waals surface area contributed by atoms with Gasteiger partial charge in [0.1, 0.15) is 5.66 Å². The van der Waals surface area contributed by atoms with Crippen molar-refractivity contribution in [1.82, 2.24) is 0 Å². The highest BCUT2D eigenvalue weighted by Gasteiger charge is 2.43. The molecular formula is C44H38N2. The van der Waals surface area contributed by atoms with Gasteiger partial charge in [0.2, 0.25) is 0 Å². The normalized spacial score (nSPS) is 22.6. The number of fused-ring (bicyclic) bond motifs is 4. The number of nitrogens with one attached hydrogen (secondary N) is 1. The lowest BCUT2D eigenvalue weighted by atomic mass is 9.71. The lowest BCUT2D eigenvalue weighted by Crippen LogP contribution is -2.47. The Hall–Kier alpha value is -5.08. The standard InChI is InChI=1S/C44H38N2/c1-44(34-15-3-2-4-16-34)45-40-21-11-12-22-41(40)46(44)35-27-25-31(26-28-35)42-36-17-7-9-19-38(36)43(39-20-10-8-18-37(39)42)33-24-23-30-13-5-6-14-32(30)29-33/h2-3,5-15,17-19,21-22,25-29,39,45H,4,16,20,23-24H2,1H3. The van der Waals surface area contributed by atoms with Crippen molar-refractivity contribution in [3.05, 3.63) is 177 Å². The summed E-state index contributed by atoms with van der Waals surface area (Å²) in [4.78, 5) is 2.50. The molecule has 0 radical (unpaired) electrons. The molecule has 2 heteroatoms. The largest absolute Gasteiger partial charge is 0.357 e. The van der Waals surface area contributed by atoms with E-state index in [0.29, 0.717) is 5.92 Å². The van der Waals surface area contributed by atoms with E-state index in [1.165, 1.54) is 72.1 Å². The third-order valence-electron chi connectivity index (χ3n) is 10.7. The summed E-state index contributed by atoms with van der Waals surface area (Å²) in [6, 6.07) is 36.1. The minimum Gasteiger partial charge on any atom is -0.357 e. The van der Waals surface area contributed by atoms with Crippen LogP contribution in [0, 0.1) is 5.92 Å². The van der Waals surface area contributed by atoms with E-state index >= 15 is 0 Å². The molecule has 0 aromatic heterocycles. The van der Waals surface area contributed by atoms with E-state index in [9.17, 15) is 0 Å². The highest BCUT2D eigenvalue weighted by atomic mass is 15.4. The van der Waals surface area contributed by atoms with Crippen molar-refractivity contribution in [2.45, 2.75) is 44.7 Å². The summed E-state index contributed by atoms with van der Waals surface area (Å²) in [6.07, 6.45) is 21.6. The number of rotatable bonds is 4.